The average molecular weight is 500 g/mol. The first-order valence-corrected chi connectivity index (χ1v) is 11.6. The molecule has 7 nitrogen and oxygen atoms in total. The lowest BCUT2D eigenvalue weighted by Gasteiger charge is -2.18. The molecule has 2 N–H and O–H groups in total. The van der Waals surface area contributed by atoms with Crippen LogP contribution in [0.15, 0.2) is 87.0 Å². The highest BCUT2D eigenvalue weighted by Crippen LogP contribution is 2.31. The van der Waals surface area contributed by atoms with E-state index in [0.717, 1.165) is 10.0 Å². The van der Waals surface area contributed by atoms with Gasteiger partial charge in [0.2, 0.25) is 10.0 Å². The number of sulfonamides is 1. The van der Waals surface area contributed by atoms with Crippen LogP contribution < -0.4 is 10.3 Å². The Morgan fingerprint density at radius 2 is 1.71 bits per heavy atom. The van der Waals surface area contributed by atoms with Gasteiger partial charge in [0.25, 0.3) is 5.56 Å². The van der Waals surface area contributed by atoms with Crippen molar-refractivity contribution in [3.8, 4) is 11.1 Å². The largest absolute Gasteiger partial charge is 0.424 e. The maximum atomic E-state index is 13.3. The Kier molecular flexibility index (Phi) is 5.65. The van der Waals surface area contributed by atoms with E-state index >= 15 is 0 Å². The van der Waals surface area contributed by atoms with Crippen LogP contribution in [0.25, 0.3) is 22.0 Å². The van der Waals surface area contributed by atoms with E-state index in [0.29, 0.717) is 15.8 Å². The van der Waals surface area contributed by atoms with E-state index in [-0.39, 0.29) is 16.1 Å². The molecule has 0 aliphatic heterocycles. The van der Waals surface area contributed by atoms with Crippen molar-refractivity contribution in [2.24, 2.45) is 0 Å². The van der Waals surface area contributed by atoms with Crippen molar-refractivity contribution in [3.05, 3.63) is 93.4 Å². The van der Waals surface area contributed by atoms with Gasteiger partial charge in [-0.25, -0.2) is 18.1 Å². The average Bonchev–Trinajstić information content (AvgIpc) is 2.76. The van der Waals surface area contributed by atoms with E-state index in [1.165, 1.54) is 13.0 Å². The minimum atomic E-state index is -4.02. The molecule has 0 spiro atoms. The van der Waals surface area contributed by atoms with E-state index in [2.05, 4.69) is 25.6 Å². The summed E-state index contributed by atoms with van der Waals surface area (Å²) in [6.45, 7) is 1.52. The van der Waals surface area contributed by atoms with Gasteiger partial charge in [0.1, 0.15) is 0 Å². The molecule has 31 heavy (non-hydrogen) atoms. The second-order valence-corrected chi connectivity index (χ2v) is 9.55. The normalized spacial score (nSPS) is 12.7. The molecule has 1 heterocycles. The van der Waals surface area contributed by atoms with Gasteiger partial charge in [-0.2, -0.15) is 0 Å². The molecule has 1 unspecified atom stereocenters. The zero-order valence-corrected chi connectivity index (χ0v) is 18.8. The van der Waals surface area contributed by atoms with Crippen molar-refractivity contribution in [2.75, 3.05) is 0 Å². The zero-order valence-electron chi connectivity index (χ0n) is 16.4. The molecule has 0 aliphatic carbocycles. The Hall–Kier alpha value is -3.01. The highest BCUT2D eigenvalue weighted by atomic mass is 79.9. The minimum Gasteiger partial charge on any atom is -0.424 e. The van der Waals surface area contributed by atoms with Crippen LogP contribution in [0.1, 0.15) is 18.8 Å². The maximum absolute atomic E-state index is 13.3. The molecule has 0 saturated heterocycles. The molecule has 1 aromatic heterocycles. The Balaban J connectivity index is 1.76. The summed E-state index contributed by atoms with van der Waals surface area (Å²) in [7, 11) is -4.02. The van der Waals surface area contributed by atoms with Crippen LogP contribution in [0.4, 0.5) is 0 Å². The Labute approximate surface area is 187 Å². The fourth-order valence-electron chi connectivity index (χ4n) is 3.35. The van der Waals surface area contributed by atoms with Crippen molar-refractivity contribution >= 4 is 36.9 Å². The van der Waals surface area contributed by atoms with Crippen LogP contribution in [0.2, 0.25) is 0 Å². The molecule has 9 heteroatoms. The minimum absolute atomic E-state index is 0.0707. The summed E-state index contributed by atoms with van der Waals surface area (Å²) in [6.07, 6.45) is 0. The number of halogens is 1. The highest BCUT2D eigenvalue weighted by Gasteiger charge is 2.25. The van der Waals surface area contributed by atoms with Crippen LogP contribution in [-0.4, -0.2) is 23.3 Å². The van der Waals surface area contributed by atoms with Gasteiger partial charge in [0, 0.05) is 10.0 Å². The third-order valence-corrected chi connectivity index (χ3v) is 6.91. The first-order valence-electron chi connectivity index (χ1n) is 9.36. The summed E-state index contributed by atoms with van der Waals surface area (Å²) in [5.41, 5.74) is 0.954. The van der Waals surface area contributed by atoms with Crippen molar-refractivity contribution in [2.45, 2.75) is 17.9 Å². The van der Waals surface area contributed by atoms with Crippen LogP contribution in [-0.2, 0) is 10.0 Å². The van der Waals surface area contributed by atoms with Gasteiger partial charge < -0.3 is 5.21 Å². The lowest BCUT2D eigenvalue weighted by Crippen LogP contribution is -2.33. The fraction of sp³-hybridized carbons (Fsp3) is 0.0909. The summed E-state index contributed by atoms with van der Waals surface area (Å²) in [5, 5.41) is 10.5. The van der Waals surface area contributed by atoms with E-state index in [4.69, 9.17) is 0 Å². The van der Waals surface area contributed by atoms with E-state index < -0.39 is 21.6 Å². The summed E-state index contributed by atoms with van der Waals surface area (Å²) < 4.78 is 30.2. The monoisotopic (exact) mass is 499 g/mol. The standard InChI is InChI=1S/C22H18BrN3O4S/c1-14(21-24-19-10-6-5-9-17(19)22(27)26(21)28)25-31(29,30)20-12-11-16(23)13-18(20)15-7-3-2-4-8-15/h2-14,25,28H,1H3. The van der Waals surface area contributed by atoms with Gasteiger partial charge in [-0.15, -0.1) is 4.73 Å². The number of hydrogen-bond donors (Lipinski definition) is 2. The number of rotatable bonds is 5. The van der Waals surface area contributed by atoms with E-state index in [1.807, 2.05) is 30.3 Å². The van der Waals surface area contributed by atoms with Crippen LogP contribution in [0, 0.1) is 0 Å². The summed E-state index contributed by atoms with van der Waals surface area (Å²) in [6, 6.07) is 19.6. The predicted octanol–water partition coefficient (Wildman–Crippen LogP) is 4.10. The van der Waals surface area contributed by atoms with Gasteiger partial charge in [-0.1, -0.05) is 58.4 Å². The van der Waals surface area contributed by atoms with Gasteiger partial charge in [0.05, 0.1) is 21.8 Å². The zero-order chi connectivity index (χ0) is 22.2. The number of benzene rings is 3. The molecule has 0 fully saturated rings. The van der Waals surface area contributed by atoms with Crippen molar-refractivity contribution in [1.82, 2.24) is 14.4 Å². The number of fused-ring (bicyclic) bond motifs is 1. The van der Waals surface area contributed by atoms with Crippen molar-refractivity contribution in [1.29, 1.82) is 0 Å². The predicted molar refractivity (Wildman–Crippen MR) is 122 cm³/mol. The van der Waals surface area contributed by atoms with Crippen molar-refractivity contribution < 1.29 is 13.6 Å². The Morgan fingerprint density at radius 1 is 1.03 bits per heavy atom. The summed E-state index contributed by atoms with van der Waals surface area (Å²) >= 11 is 3.39. The first-order chi connectivity index (χ1) is 14.8. The molecule has 3 aromatic carbocycles. The molecular weight excluding hydrogens is 482 g/mol. The Bertz CT molecular complexity index is 1440. The second kappa shape index (κ2) is 8.26. The van der Waals surface area contributed by atoms with Gasteiger partial charge in [0.15, 0.2) is 5.82 Å². The summed E-state index contributed by atoms with van der Waals surface area (Å²) in [5.74, 6) is -0.106. The number of para-hydroxylation sites is 1. The number of hydrogen-bond acceptors (Lipinski definition) is 5. The molecule has 0 bridgehead atoms. The SMILES string of the molecule is CC(NS(=O)(=O)c1ccc(Br)cc1-c1ccccc1)c1nc2ccccc2c(=O)n1O. The van der Waals surface area contributed by atoms with Gasteiger partial charge in [-0.05, 0) is 42.8 Å². The van der Waals surface area contributed by atoms with E-state index in [1.54, 1.807) is 36.4 Å². The molecule has 158 valence electrons. The van der Waals surface area contributed by atoms with E-state index in [9.17, 15) is 18.4 Å². The highest BCUT2D eigenvalue weighted by molar-refractivity contribution is 9.10. The van der Waals surface area contributed by atoms with Crippen molar-refractivity contribution in [3.63, 3.8) is 0 Å². The number of nitrogens with zero attached hydrogens (tertiary/aromatic N) is 2. The third kappa shape index (κ3) is 4.12. The van der Waals surface area contributed by atoms with Crippen LogP contribution >= 0.6 is 15.9 Å². The third-order valence-electron chi connectivity index (χ3n) is 4.81. The van der Waals surface area contributed by atoms with Crippen LogP contribution in [0.3, 0.4) is 0 Å². The molecule has 0 saturated carbocycles. The number of nitrogens with one attached hydrogen (secondary N) is 1. The fourth-order valence-corrected chi connectivity index (χ4v) is 5.12. The molecule has 1 atom stereocenters. The van der Waals surface area contributed by atoms with Crippen LogP contribution in [0.5, 0.6) is 0 Å². The van der Waals surface area contributed by atoms with Gasteiger partial charge >= 0.3 is 0 Å². The quantitative estimate of drug-likeness (QED) is 0.402. The summed E-state index contributed by atoms with van der Waals surface area (Å²) in [4.78, 5) is 16.8. The molecule has 0 radical (unpaired) electrons. The van der Waals surface area contributed by atoms with Gasteiger partial charge in [-0.3, -0.25) is 4.79 Å². The molecule has 0 aliphatic rings. The smallest absolute Gasteiger partial charge is 0.294 e. The molecule has 4 rings (SSSR count). The lowest BCUT2D eigenvalue weighted by atomic mass is 10.1. The Morgan fingerprint density at radius 3 is 2.45 bits per heavy atom. The maximum Gasteiger partial charge on any atom is 0.294 e. The molecule has 0 amide bonds. The topological polar surface area (TPSA) is 101 Å². The second-order valence-electron chi connectivity index (χ2n) is 6.95. The number of aromatic nitrogens is 2. The molecule has 4 aromatic rings. The first kappa shape index (κ1) is 21.2. The molecular formula is C22H18BrN3O4S. The lowest BCUT2D eigenvalue weighted by molar-refractivity contribution is 0.157.